The Morgan fingerprint density at radius 1 is 1.28 bits per heavy atom. The van der Waals surface area contributed by atoms with Gasteiger partial charge in [0.2, 0.25) is 0 Å². The smallest absolute Gasteiger partial charge is 0.316 e. The van der Waals surface area contributed by atoms with E-state index < -0.39 is 17.4 Å². The molecule has 0 atom stereocenters. The molecule has 0 unspecified atom stereocenters. The van der Waals surface area contributed by atoms with Gasteiger partial charge in [0.25, 0.3) is 0 Å². The third-order valence-corrected chi connectivity index (χ3v) is 3.14. The van der Waals surface area contributed by atoms with Crippen molar-refractivity contribution in [1.29, 1.82) is 0 Å². The van der Waals surface area contributed by atoms with Crippen LogP contribution < -0.4 is 5.32 Å². The maximum atomic E-state index is 14.3. The summed E-state index contributed by atoms with van der Waals surface area (Å²) in [5, 5.41) is 3.02. The topological polar surface area (TPSA) is 24.9 Å². The number of piperidine rings is 1. The third kappa shape index (κ3) is 3.19. The molecule has 0 spiro atoms. The Bertz CT molecular complexity index is 411. The highest BCUT2D eigenvalue weighted by molar-refractivity contribution is 5.20. The van der Waals surface area contributed by atoms with Crippen LogP contribution in [-0.2, 0) is 12.6 Å². The van der Waals surface area contributed by atoms with Crippen LogP contribution in [0.3, 0.4) is 0 Å². The van der Waals surface area contributed by atoms with Crippen molar-refractivity contribution in [2.24, 2.45) is 0 Å². The molecule has 100 valence electrons. The van der Waals surface area contributed by atoms with Crippen LogP contribution in [0.1, 0.15) is 24.1 Å². The van der Waals surface area contributed by atoms with Crippen LogP contribution in [0.15, 0.2) is 18.3 Å². The average Bonchev–Trinajstić information content (AvgIpc) is 2.28. The van der Waals surface area contributed by atoms with Gasteiger partial charge in [0, 0.05) is 18.3 Å². The predicted octanol–water partition coefficient (Wildman–Crippen LogP) is 2.73. The van der Waals surface area contributed by atoms with Crippen molar-refractivity contribution in [3.8, 4) is 0 Å². The van der Waals surface area contributed by atoms with Gasteiger partial charge in [-0.25, -0.2) is 4.39 Å². The van der Waals surface area contributed by atoms with Crippen LogP contribution in [-0.4, -0.2) is 23.7 Å². The van der Waals surface area contributed by atoms with E-state index >= 15 is 0 Å². The Balaban J connectivity index is 2.14. The summed E-state index contributed by atoms with van der Waals surface area (Å²) in [6.45, 7) is 1.10. The zero-order valence-electron chi connectivity index (χ0n) is 9.73. The summed E-state index contributed by atoms with van der Waals surface area (Å²) in [5.74, 6) is 0. The molecule has 0 amide bonds. The zero-order valence-corrected chi connectivity index (χ0v) is 9.73. The second kappa shape index (κ2) is 4.84. The first-order valence-corrected chi connectivity index (χ1v) is 5.81. The SMILES string of the molecule is FC1(Cc2cc(C(F)(F)F)ccn2)CCNCC1. The number of pyridine rings is 1. The lowest BCUT2D eigenvalue weighted by Crippen LogP contribution is -2.40. The molecule has 2 heterocycles. The van der Waals surface area contributed by atoms with Crippen molar-refractivity contribution >= 4 is 0 Å². The molecule has 6 heteroatoms. The quantitative estimate of drug-likeness (QED) is 0.829. The van der Waals surface area contributed by atoms with Crippen LogP contribution in [0.5, 0.6) is 0 Å². The van der Waals surface area contributed by atoms with Gasteiger partial charge in [-0.1, -0.05) is 0 Å². The van der Waals surface area contributed by atoms with Crippen LogP contribution >= 0.6 is 0 Å². The summed E-state index contributed by atoms with van der Waals surface area (Å²) in [6, 6.07) is 1.83. The molecule has 0 aliphatic carbocycles. The largest absolute Gasteiger partial charge is 0.416 e. The maximum Gasteiger partial charge on any atom is 0.416 e. The minimum Gasteiger partial charge on any atom is -0.316 e. The monoisotopic (exact) mass is 262 g/mol. The van der Waals surface area contributed by atoms with E-state index in [1.54, 1.807) is 0 Å². The van der Waals surface area contributed by atoms with Gasteiger partial charge in [-0.15, -0.1) is 0 Å². The highest BCUT2D eigenvalue weighted by atomic mass is 19.4. The summed E-state index contributed by atoms with van der Waals surface area (Å²) in [4.78, 5) is 3.83. The van der Waals surface area contributed by atoms with Gasteiger partial charge in [-0.2, -0.15) is 13.2 Å². The molecule has 1 aliphatic rings. The van der Waals surface area contributed by atoms with Crippen molar-refractivity contribution < 1.29 is 17.6 Å². The molecule has 1 N–H and O–H groups in total. The number of rotatable bonds is 2. The Labute approximate surface area is 102 Å². The molecule has 1 aromatic heterocycles. The van der Waals surface area contributed by atoms with Crippen molar-refractivity contribution in [2.75, 3.05) is 13.1 Å². The van der Waals surface area contributed by atoms with Gasteiger partial charge in [0.15, 0.2) is 0 Å². The lowest BCUT2D eigenvalue weighted by atomic mass is 9.89. The molecule has 1 fully saturated rings. The summed E-state index contributed by atoms with van der Waals surface area (Å²) in [7, 11) is 0. The molecular weight excluding hydrogens is 248 g/mol. The van der Waals surface area contributed by atoms with Crippen molar-refractivity contribution in [3.63, 3.8) is 0 Å². The van der Waals surface area contributed by atoms with Gasteiger partial charge in [0.05, 0.1) is 5.56 Å². The van der Waals surface area contributed by atoms with E-state index in [2.05, 4.69) is 10.3 Å². The molecule has 1 aliphatic heterocycles. The molecule has 18 heavy (non-hydrogen) atoms. The second-order valence-electron chi connectivity index (χ2n) is 4.61. The van der Waals surface area contributed by atoms with E-state index in [1.807, 2.05) is 0 Å². The number of halogens is 4. The van der Waals surface area contributed by atoms with E-state index in [0.717, 1.165) is 18.3 Å². The fraction of sp³-hybridized carbons (Fsp3) is 0.583. The van der Waals surface area contributed by atoms with Crippen LogP contribution in [0.2, 0.25) is 0 Å². The van der Waals surface area contributed by atoms with E-state index in [0.29, 0.717) is 25.9 Å². The molecule has 0 aromatic carbocycles. The van der Waals surface area contributed by atoms with Crippen molar-refractivity contribution in [3.05, 3.63) is 29.6 Å². The summed E-state index contributed by atoms with van der Waals surface area (Å²) >= 11 is 0. The fourth-order valence-corrected chi connectivity index (χ4v) is 2.13. The lowest BCUT2D eigenvalue weighted by Gasteiger charge is -2.29. The van der Waals surface area contributed by atoms with Crippen LogP contribution in [0, 0.1) is 0 Å². The van der Waals surface area contributed by atoms with Gasteiger partial charge in [-0.3, -0.25) is 4.98 Å². The number of hydrogen-bond acceptors (Lipinski definition) is 2. The second-order valence-corrected chi connectivity index (χ2v) is 4.61. The fourth-order valence-electron chi connectivity index (χ4n) is 2.13. The number of aromatic nitrogens is 1. The van der Waals surface area contributed by atoms with Crippen LogP contribution in [0.25, 0.3) is 0 Å². The molecule has 0 radical (unpaired) electrons. The average molecular weight is 262 g/mol. The van der Waals surface area contributed by atoms with Gasteiger partial charge in [0.1, 0.15) is 5.67 Å². The lowest BCUT2D eigenvalue weighted by molar-refractivity contribution is -0.137. The summed E-state index contributed by atoms with van der Waals surface area (Å²) < 4.78 is 51.9. The first kappa shape index (κ1) is 13.3. The maximum absolute atomic E-state index is 14.3. The van der Waals surface area contributed by atoms with E-state index in [1.165, 1.54) is 0 Å². The highest BCUT2D eigenvalue weighted by Crippen LogP contribution is 2.31. The molecule has 0 bridgehead atoms. The number of nitrogens with zero attached hydrogens (tertiary/aromatic N) is 1. The highest BCUT2D eigenvalue weighted by Gasteiger charge is 2.34. The Kier molecular flexibility index (Phi) is 3.56. The Hall–Kier alpha value is -1.17. The van der Waals surface area contributed by atoms with Gasteiger partial charge in [-0.05, 0) is 38.1 Å². The molecule has 1 aromatic rings. The van der Waals surface area contributed by atoms with E-state index in [9.17, 15) is 17.6 Å². The van der Waals surface area contributed by atoms with E-state index in [4.69, 9.17) is 0 Å². The first-order valence-electron chi connectivity index (χ1n) is 5.81. The normalized spacial score (nSPS) is 19.8. The Morgan fingerprint density at radius 3 is 2.56 bits per heavy atom. The first-order chi connectivity index (χ1) is 8.39. The van der Waals surface area contributed by atoms with Gasteiger partial charge < -0.3 is 5.32 Å². The Morgan fingerprint density at radius 2 is 1.94 bits per heavy atom. The minimum atomic E-state index is -4.41. The van der Waals surface area contributed by atoms with Crippen LogP contribution in [0.4, 0.5) is 17.6 Å². The molecule has 2 nitrogen and oxygen atoms in total. The number of alkyl halides is 4. The minimum absolute atomic E-state index is 0.0569. The van der Waals surface area contributed by atoms with Crippen molar-refractivity contribution in [1.82, 2.24) is 10.3 Å². The molecule has 2 rings (SSSR count). The summed E-state index contributed by atoms with van der Waals surface area (Å²) in [6.07, 6.45) is -2.76. The number of hydrogen-bond donors (Lipinski definition) is 1. The molecule has 1 saturated heterocycles. The standard InChI is InChI=1S/C12H14F4N2/c13-11(2-5-17-6-3-11)8-10-7-9(1-4-18-10)12(14,15)16/h1,4,7,17H,2-3,5-6,8H2. The molecular formula is C12H14F4N2. The molecule has 0 saturated carbocycles. The predicted molar refractivity (Wildman–Crippen MR) is 58.9 cm³/mol. The number of nitrogens with one attached hydrogen (secondary N) is 1. The van der Waals surface area contributed by atoms with Gasteiger partial charge >= 0.3 is 6.18 Å². The van der Waals surface area contributed by atoms with E-state index in [-0.39, 0.29) is 12.1 Å². The third-order valence-electron chi connectivity index (χ3n) is 3.14. The van der Waals surface area contributed by atoms with Crippen molar-refractivity contribution in [2.45, 2.75) is 31.1 Å². The summed E-state index contributed by atoms with van der Waals surface area (Å²) in [5.41, 5.74) is -2.05. The zero-order chi connectivity index (χ0) is 13.2.